The van der Waals surface area contributed by atoms with Gasteiger partial charge in [-0.3, -0.25) is 9.78 Å². The molecule has 2 aromatic rings. The van der Waals surface area contributed by atoms with Gasteiger partial charge >= 0.3 is 0 Å². The first kappa shape index (κ1) is 15.0. The molecule has 0 unspecified atom stereocenters. The Labute approximate surface area is 124 Å². The third kappa shape index (κ3) is 4.27. The lowest BCUT2D eigenvalue weighted by Gasteiger charge is -2.08. The maximum Gasteiger partial charge on any atom is 0.270 e. The molecule has 0 aliphatic carbocycles. The van der Waals surface area contributed by atoms with Crippen LogP contribution in [0.15, 0.2) is 36.8 Å². The summed E-state index contributed by atoms with van der Waals surface area (Å²) >= 11 is 0. The van der Waals surface area contributed by atoms with Gasteiger partial charge in [-0.25, -0.2) is 4.98 Å². The molecule has 2 aromatic heterocycles. The van der Waals surface area contributed by atoms with Crippen LogP contribution in [0.5, 0.6) is 0 Å². The molecule has 0 aromatic carbocycles. The first-order valence-corrected chi connectivity index (χ1v) is 7.08. The summed E-state index contributed by atoms with van der Waals surface area (Å²) in [5.74, 6) is -0.180. The highest BCUT2D eigenvalue weighted by Crippen LogP contribution is 2.07. The molecule has 5 nitrogen and oxygen atoms in total. The second-order valence-corrected chi connectivity index (χ2v) is 4.84. The number of hydrogen-bond donors (Lipinski definition) is 2. The fourth-order valence-corrected chi connectivity index (χ4v) is 1.85. The largest absolute Gasteiger partial charge is 0.384 e. The lowest BCUT2D eigenvalue weighted by molar-refractivity contribution is 0.0946. The second-order valence-electron chi connectivity index (χ2n) is 4.84. The highest BCUT2D eigenvalue weighted by Gasteiger charge is 2.07. The van der Waals surface area contributed by atoms with Gasteiger partial charge < -0.3 is 10.6 Å². The van der Waals surface area contributed by atoms with Crippen molar-refractivity contribution in [2.45, 2.75) is 26.8 Å². The van der Waals surface area contributed by atoms with Crippen molar-refractivity contribution in [2.75, 3.05) is 11.9 Å². The number of nitrogens with zero attached hydrogens (tertiary/aromatic N) is 2. The van der Waals surface area contributed by atoms with E-state index in [-0.39, 0.29) is 5.91 Å². The first-order chi connectivity index (χ1) is 10.2. The fraction of sp³-hybridized carbons (Fsp3) is 0.312. The first-order valence-electron chi connectivity index (χ1n) is 7.08. The van der Waals surface area contributed by atoms with Crippen molar-refractivity contribution in [3.05, 3.63) is 53.6 Å². The normalized spacial score (nSPS) is 10.2. The maximum absolute atomic E-state index is 12.0. The standard InChI is InChI=1S/C16H20N4O/c1-3-7-18-14-4-5-15(19-11-14)16(21)20-10-13-9-17-8-6-12(13)2/h4-6,8-9,11,18H,3,7,10H2,1-2H3,(H,20,21). The van der Waals surface area contributed by atoms with E-state index in [0.29, 0.717) is 12.2 Å². The summed E-state index contributed by atoms with van der Waals surface area (Å²) < 4.78 is 0. The number of nitrogens with one attached hydrogen (secondary N) is 2. The maximum atomic E-state index is 12.0. The summed E-state index contributed by atoms with van der Waals surface area (Å²) in [6, 6.07) is 5.52. The van der Waals surface area contributed by atoms with E-state index in [9.17, 15) is 4.79 Å². The zero-order valence-electron chi connectivity index (χ0n) is 12.4. The lowest BCUT2D eigenvalue weighted by Crippen LogP contribution is -2.24. The number of aromatic nitrogens is 2. The van der Waals surface area contributed by atoms with Gasteiger partial charge in [0, 0.05) is 25.5 Å². The molecule has 2 heterocycles. The smallest absolute Gasteiger partial charge is 0.270 e. The van der Waals surface area contributed by atoms with Gasteiger partial charge in [-0.2, -0.15) is 0 Å². The predicted octanol–water partition coefficient (Wildman–Crippen LogP) is 2.54. The van der Waals surface area contributed by atoms with E-state index >= 15 is 0 Å². The van der Waals surface area contributed by atoms with Crippen LogP contribution in [0.3, 0.4) is 0 Å². The summed E-state index contributed by atoms with van der Waals surface area (Å²) in [5.41, 5.74) is 3.46. The molecule has 0 radical (unpaired) electrons. The number of carbonyl (C=O) groups is 1. The van der Waals surface area contributed by atoms with Crippen molar-refractivity contribution in [1.82, 2.24) is 15.3 Å². The summed E-state index contributed by atoms with van der Waals surface area (Å²) in [6.07, 6.45) is 6.23. The molecule has 5 heteroatoms. The quantitative estimate of drug-likeness (QED) is 0.855. The Kier molecular flexibility index (Phi) is 5.26. The molecule has 21 heavy (non-hydrogen) atoms. The molecular weight excluding hydrogens is 264 g/mol. The number of pyridine rings is 2. The number of rotatable bonds is 6. The molecule has 0 bridgehead atoms. The molecule has 2 rings (SSSR count). The molecule has 2 N–H and O–H groups in total. The number of carbonyl (C=O) groups excluding carboxylic acids is 1. The van der Waals surface area contributed by atoms with Crippen LogP contribution >= 0.6 is 0 Å². The van der Waals surface area contributed by atoms with Crippen molar-refractivity contribution in [3.8, 4) is 0 Å². The van der Waals surface area contributed by atoms with Crippen LogP contribution < -0.4 is 10.6 Å². The zero-order chi connectivity index (χ0) is 15.1. The fourth-order valence-electron chi connectivity index (χ4n) is 1.85. The molecule has 1 amide bonds. The van der Waals surface area contributed by atoms with Gasteiger partial charge in [0.05, 0.1) is 11.9 Å². The van der Waals surface area contributed by atoms with Crippen molar-refractivity contribution in [1.29, 1.82) is 0 Å². The zero-order valence-corrected chi connectivity index (χ0v) is 12.4. The molecule has 0 saturated heterocycles. The number of aryl methyl sites for hydroxylation is 1. The van der Waals surface area contributed by atoms with E-state index in [1.807, 2.05) is 19.1 Å². The lowest BCUT2D eigenvalue weighted by atomic mass is 10.1. The minimum Gasteiger partial charge on any atom is -0.384 e. The van der Waals surface area contributed by atoms with Crippen molar-refractivity contribution < 1.29 is 4.79 Å². The van der Waals surface area contributed by atoms with Crippen molar-refractivity contribution in [3.63, 3.8) is 0 Å². The van der Waals surface area contributed by atoms with Crippen molar-refractivity contribution in [2.24, 2.45) is 0 Å². The molecule has 110 valence electrons. The highest BCUT2D eigenvalue weighted by molar-refractivity contribution is 5.92. The molecule has 0 atom stereocenters. The second kappa shape index (κ2) is 7.38. The van der Waals surface area contributed by atoms with Gasteiger partial charge in [-0.05, 0) is 42.7 Å². The van der Waals surface area contributed by atoms with Gasteiger partial charge in [0.1, 0.15) is 5.69 Å². The van der Waals surface area contributed by atoms with Crippen LogP contribution in [0.4, 0.5) is 5.69 Å². The Morgan fingerprint density at radius 3 is 2.76 bits per heavy atom. The molecule has 0 spiro atoms. The Hall–Kier alpha value is -2.43. The van der Waals surface area contributed by atoms with E-state index in [0.717, 1.165) is 29.8 Å². The van der Waals surface area contributed by atoms with Crippen LogP contribution in [0.1, 0.15) is 35.0 Å². The minimum atomic E-state index is -0.180. The van der Waals surface area contributed by atoms with Crippen LogP contribution in [0.2, 0.25) is 0 Å². The molecular formula is C16H20N4O. The van der Waals surface area contributed by atoms with E-state index in [1.54, 1.807) is 24.7 Å². The summed E-state index contributed by atoms with van der Waals surface area (Å²) in [6.45, 7) is 5.45. The Balaban J connectivity index is 1.93. The summed E-state index contributed by atoms with van der Waals surface area (Å²) in [5, 5.41) is 6.08. The molecule has 0 fully saturated rings. The molecule has 0 aliphatic rings. The third-order valence-electron chi connectivity index (χ3n) is 3.16. The van der Waals surface area contributed by atoms with Crippen LogP contribution in [0.25, 0.3) is 0 Å². The molecule has 0 aliphatic heterocycles. The SMILES string of the molecule is CCCNc1ccc(C(=O)NCc2cnccc2C)nc1. The van der Waals surface area contributed by atoms with Gasteiger partial charge in [-0.15, -0.1) is 0 Å². The van der Waals surface area contributed by atoms with E-state index in [4.69, 9.17) is 0 Å². The predicted molar refractivity (Wildman–Crippen MR) is 83.2 cm³/mol. The van der Waals surface area contributed by atoms with Gasteiger partial charge in [0.15, 0.2) is 0 Å². The summed E-state index contributed by atoms with van der Waals surface area (Å²) in [7, 11) is 0. The van der Waals surface area contributed by atoms with Gasteiger partial charge in [-0.1, -0.05) is 6.92 Å². The number of anilines is 1. The summed E-state index contributed by atoms with van der Waals surface area (Å²) in [4.78, 5) is 20.3. The Bertz CT molecular complexity index is 595. The van der Waals surface area contributed by atoms with E-state index in [2.05, 4.69) is 27.5 Å². The van der Waals surface area contributed by atoms with E-state index < -0.39 is 0 Å². The van der Waals surface area contributed by atoms with Gasteiger partial charge in [0.25, 0.3) is 5.91 Å². The monoisotopic (exact) mass is 284 g/mol. The third-order valence-corrected chi connectivity index (χ3v) is 3.16. The average molecular weight is 284 g/mol. The van der Waals surface area contributed by atoms with Crippen LogP contribution in [-0.4, -0.2) is 22.4 Å². The number of hydrogen-bond acceptors (Lipinski definition) is 4. The average Bonchev–Trinajstić information content (AvgIpc) is 2.52. The minimum absolute atomic E-state index is 0.180. The Morgan fingerprint density at radius 1 is 1.24 bits per heavy atom. The van der Waals surface area contributed by atoms with Crippen LogP contribution in [0, 0.1) is 6.92 Å². The Morgan fingerprint density at radius 2 is 2.10 bits per heavy atom. The van der Waals surface area contributed by atoms with Crippen molar-refractivity contribution >= 4 is 11.6 Å². The molecule has 0 saturated carbocycles. The van der Waals surface area contributed by atoms with Crippen LogP contribution in [-0.2, 0) is 6.54 Å². The topological polar surface area (TPSA) is 66.9 Å². The number of amides is 1. The van der Waals surface area contributed by atoms with E-state index in [1.165, 1.54) is 0 Å². The highest BCUT2D eigenvalue weighted by atomic mass is 16.1. The van der Waals surface area contributed by atoms with Gasteiger partial charge in [0.2, 0.25) is 0 Å².